The van der Waals surface area contributed by atoms with Crippen molar-refractivity contribution in [3.05, 3.63) is 243 Å². The van der Waals surface area contributed by atoms with Crippen LogP contribution in [0.2, 0.25) is 0 Å². The average molecular weight is 1280 g/mol. The van der Waals surface area contributed by atoms with Crippen LogP contribution in [0.3, 0.4) is 0 Å². The number of aldehydes is 1. The van der Waals surface area contributed by atoms with Crippen LogP contribution in [0.5, 0.6) is 34.8 Å². The first-order valence-electron chi connectivity index (χ1n) is 31.2. The molecule has 3 aliphatic carbocycles. The van der Waals surface area contributed by atoms with Crippen LogP contribution in [-0.2, 0) is 19.1 Å². The number of aromatic nitrogens is 5. The molecule has 0 saturated heterocycles. The van der Waals surface area contributed by atoms with Crippen LogP contribution in [0.1, 0.15) is 95.4 Å². The molecule has 4 N–H and O–H groups in total. The number of carbonyl (C=O) groups excluding carboxylic acids is 5. The Balaban J connectivity index is 0.000000133. The van der Waals surface area contributed by atoms with E-state index in [4.69, 9.17) is 33.8 Å². The number of hydrogen-bond acceptors (Lipinski definition) is 19. The highest BCUT2D eigenvalue weighted by Crippen LogP contribution is 2.46. The lowest BCUT2D eigenvalue weighted by Gasteiger charge is -2.28. The van der Waals surface area contributed by atoms with Crippen molar-refractivity contribution in [2.45, 2.75) is 57.9 Å². The minimum Gasteiger partial charge on any atom is -0.460 e. The predicted molar refractivity (Wildman–Crippen MR) is 354 cm³/mol. The number of pyridine rings is 3. The lowest BCUT2D eigenvalue weighted by atomic mass is 9.92. The number of esters is 1. The molecule has 3 saturated carbocycles. The molecule has 7 heterocycles. The van der Waals surface area contributed by atoms with Crippen LogP contribution < -0.4 is 31.5 Å². The number of para-hydroxylation sites is 5. The lowest BCUT2D eigenvalue weighted by Crippen LogP contribution is -2.34. The van der Waals surface area contributed by atoms with Crippen molar-refractivity contribution in [2.24, 2.45) is 33.5 Å². The lowest BCUT2D eigenvalue weighted by molar-refractivity contribution is -0.153. The molecule has 0 bridgehead atoms. The van der Waals surface area contributed by atoms with Gasteiger partial charge in [0.15, 0.2) is 23.2 Å². The van der Waals surface area contributed by atoms with Crippen molar-refractivity contribution in [2.75, 3.05) is 32.8 Å². The molecule has 10 aromatic rings. The zero-order valence-corrected chi connectivity index (χ0v) is 51.8. The number of fused-ring (bicyclic) bond motifs is 2. The summed E-state index contributed by atoms with van der Waals surface area (Å²) >= 11 is 0. The molecule has 95 heavy (non-hydrogen) atoms. The number of amides is 1. The van der Waals surface area contributed by atoms with E-state index in [1.807, 2.05) is 139 Å². The second-order valence-corrected chi connectivity index (χ2v) is 22.8. The van der Waals surface area contributed by atoms with Gasteiger partial charge in [-0.1, -0.05) is 66.7 Å². The number of Topliss-reactive ketones (excluding diaryl/α,β-unsaturated/α-hetero) is 2. The van der Waals surface area contributed by atoms with Crippen molar-refractivity contribution in [1.82, 2.24) is 29.8 Å². The van der Waals surface area contributed by atoms with E-state index in [0.29, 0.717) is 87.7 Å². The summed E-state index contributed by atoms with van der Waals surface area (Å²) in [6, 6.07) is 49.3. The standard InChI is InChI=1S/C28H22N4O4.C16H16N2O.C13H11NO6.C12H9NO2.C4H9N/c33-27-20-14-30-24(19-7-4-8-21-26(19)36-28(34)31-21)23(20)25(32(27)15-16-9-10-16)17-11-12-22(29-13-17)35-18-5-2-1-3-6-18;1-2-4-15(5-3-1)19-16-9-8-14(12-18-16)11-17-10-13-6-7-13;1-2-19-12(17)10(16)6-9(15)7-4-3-5-8-11(7)20-13(18)14-8;14-9-10-6-7-12(8-13-10)15-11-4-2-1-3-5-11;5-3-4-1-2-4/h1-8,11-13,16,25H,9-10,14-15H2,(H,31,34);1-5,8-9,11-13H,6-7,10H2;3-5H,2,6H2,1H3,(H,14,18);1-9H;4H,1-3,5H2. The molecule has 1 atom stereocenters. The van der Waals surface area contributed by atoms with Gasteiger partial charge in [-0.3, -0.25) is 39.1 Å². The molecule has 0 spiro atoms. The van der Waals surface area contributed by atoms with E-state index in [9.17, 15) is 33.6 Å². The Kier molecular flexibility index (Phi) is 21.3. The third-order valence-electron chi connectivity index (χ3n) is 15.5. The van der Waals surface area contributed by atoms with Gasteiger partial charge in [-0.2, -0.15) is 0 Å². The fourth-order valence-corrected chi connectivity index (χ4v) is 10.1. The van der Waals surface area contributed by atoms with Gasteiger partial charge in [0.05, 0.1) is 54.1 Å². The summed E-state index contributed by atoms with van der Waals surface area (Å²) in [5.74, 6) is 2.42. The van der Waals surface area contributed by atoms with E-state index in [0.717, 1.165) is 66.0 Å². The molecule has 482 valence electrons. The highest BCUT2D eigenvalue weighted by Gasteiger charge is 2.46. The van der Waals surface area contributed by atoms with Gasteiger partial charge in [0.1, 0.15) is 28.7 Å². The zero-order valence-electron chi connectivity index (χ0n) is 51.8. The molecule has 1 amide bonds. The van der Waals surface area contributed by atoms with E-state index in [2.05, 4.69) is 34.6 Å². The van der Waals surface area contributed by atoms with E-state index in [1.165, 1.54) is 44.0 Å². The fraction of sp³-hybridized carbons (Fsp3) is 0.233. The number of H-pyrrole nitrogens is 2. The highest BCUT2D eigenvalue weighted by molar-refractivity contribution is 6.38. The van der Waals surface area contributed by atoms with Crippen LogP contribution >= 0.6 is 0 Å². The highest BCUT2D eigenvalue weighted by atomic mass is 16.5. The fourth-order valence-electron chi connectivity index (χ4n) is 10.1. The van der Waals surface area contributed by atoms with Gasteiger partial charge in [-0.05, 0) is 160 Å². The second-order valence-electron chi connectivity index (χ2n) is 22.8. The topological polar surface area (TPSA) is 307 Å². The molecule has 3 fully saturated rings. The number of ether oxygens (including phenoxy) is 4. The molecule has 22 heteroatoms. The third-order valence-corrected chi connectivity index (χ3v) is 15.5. The number of carbonyl (C=O) groups is 5. The van der Waals surface area contributed by atoms with Gasteiger partial charge in [0.2, 0.25) is 17.5 Å². The number of ketones is 2. The number of oxazole rings is 2. The van der Waals surface area contributed by atoms with Crippen LogP contribution in [-0.4, -0.2) is 104 Å². The number of hydrogen-bond donors (Lipinski definition) is 3. The van der Waals surface area contributed by atoms with Crippen molar-refractivity contribution in [3.63, 3.8) is 0 Å². The van der Waals surface area contributed by atoms with Gasteiger partial charge < -0.3 is 38.4 Å². The Hall–Kier alpha value is -11.5. The van der Waals surface area contributed by atoms with Gasteiger partial charge in [-0.25, -0.2) is 29.3 Å². The smallest absolute Gasteiger partial charge is 0.417 e. The Bertz CT molecular complexity index is 4520. The summed E-state index contributed by atoms with van der Waals surface area (Å²) in [5, 5.41) is 0. The number of benzene rings is 5. The van der Waals surface area contributed by atoms with Gasteiger partial charge >= 0.3 is 17.5 Å². The number of nitrogens with one attached hydrogen (secondary N) is 2. The van der Waals surface area contributed by atoms with Crippen molar-refractivity contribution in [1.29, 1.82) is 0 Å². The zero-order chi connectivity index (χ0) is 66.0. The van der Waals surface area contributed by atoms with Crippen molar-refractivity contribution in [3.8, 4) is 34.8 Å². The minimum atomic E-state index is -1.05. The molecular weight excluding hydrogens is 1210 g/mol. The Morgan fingerprint density at radius 2 is 1.23 bits per heavy atom. The molecule has 0 radical (unpaired) electrons. The molecule has 15 rings (SSSR count). The third kappa shape index (κ3) is 17.8. The maximum atomic E-state index is 13.6. The molecule has 5 aliphatic rings. The monoisotopic (exact) mass is 1280 g/mol. The van der Waals surface area contributed by atoms with Gasteiger partial charge in [-0.15, -0.1) is 0 Å². The van der Waals surface area contributed by atoms with Crippen molar-refractivity contribution < 1.29 is 51.8 Å². The molecular formula is C73H67N9O13. The van der Waals surface area contributed by atoms with Crippen molar-refractivity contribution >= 4 is 63.9 Å². The molecule has 2 aliphatic heterocycles. The van der Waals surface area contributed by atoms with Crippen LogP contribution in [0.25, 0.3) is 22.2 Å². The van der Waals surface area contributed by atoms with E-state index in [-0.39, 0.29) is 29.7 Å². The number of nitrogens with zero attached hydrogens (tertiary/aromatic N) is 6. The van der Waals surface area contributed by atoms with E-state index < -0.39 is 35.5 Å². The summed E-state index contributed by atoms with van der Waals surface area (Å²) in [5.41, 5.74) is 12.1. The summed E-state index contributed by atoms with van der Waals surface area (Å²) in [6.45, 7) is 4.50. The summed E-state index contributed by atoms with van der Waals surface area (Å²) < 4.78 is 31.8. The first-order chi connectivity index (χ1) is 46.4. The van der Waals surface area contributed by atoms with E-state index >= 15 is 0 Å². The van der Waals surface area contributed by atoms with Gasteiger partial charge in [0, 0.05) is 66.1 Å². The number of aromatic amines is 2. The summed E-state index contributed by atoms with van der Waals surface area (Å²) in [4.78, 5) is 111. The largest absolute Gasteiger partial charge is 0.460 e. The van der Waals surface area contributed by atoms with Crippen LogP contribution in [0.15, 0.2) is 222 Å². The molecule has 1 unspecified atom stereocenters. The molecule has 22 nitrogen and oxygen atoms in total. The van der Waals surface area contributed by atoms with E-state index in [1.54, 1.807) is 43.6 Å². The maximum Gasteiger partial charge on any atom is 0.417 e. The number of nitrogens with two attached hydrogens (primary N) is 1. The SMILES string of the molecule is C(=NCC1CC1)c1ccc(Oc2ccccc2)nc1.CCOC(=O)C(=O)CC(=O)c1cccc2[nH]c(=O)oc12.NCC1CC1.O=C1C2=C(C(c3cccc4[nH]c(=O)oc34)=NC2)C(c2ccc(Oc3ccccc3)nc2)N1CC1CC1.O=Cc1ccc(Oc2ccccc2)cn1. The summed E-state index contributed by atoms with van der Waals surface area (Å²) in [6.07, 6.45) is 14.8. The first kappa shape index (κ1) is 65.0. The Morgan fingerprint density at radius 1 is 0.632 bits per heavy atom. The van der Waals surface area contributed by atoms with Gasteiger partial charge in [0.25, 0.3) is 5.91 Å². The Morgan fingerprint density at radius 3 is 1.78 bits per heavy atom. The number of rotatable bonds is 20. The summed E-state index contributed by atoms with van der Waals surface area (Å²) in [7, 11) is 0. The van der Waals surface area contributed by atoms with Crippen LogP contribution in [0, 0.1) is 17.8 Å². The number of aliphatic imine (C=N–C) groups is 2. The Labute approximate surface area is 544 Å². The quantitative estimate of drug-likeness (QED) is 0.0159. The molecule has 5 aromatic heterocycles. The minimum absolute atomic E-state index is 0.0213. The second kappa shape index (κ2) is 31.2. The average Bonchev–Trinajstić information content (AvgIpc) is 1.58. The maximum absolute atomic E-state index is 13.6. The predicted octanol–water partition coefficient (Wildman–Crippen LogP) is 12.0. The van der Waals surface area contributed by atoms with Crippen LogP contribution in [0.4, 0.5) is 0 Å². The molecule has 5 aromatic carbocycles. The normalized spacial score (nSPS) is 15.2. The first-order valence-corrected chi connectivity index (χ1v) is 31.2.